The van der Waals surface area contributed by atoms with E-state index in [4.69, 9.17) is 14.2 Å². The van der Waals surface area contributed by atoms with Crippen LogP contribution in [0, 0.1) is 0 Å². The highest BCUT2D eigenvalue weighted by Crippen LogP contribution is 2.41. The molecule has 34 heavy (non-hydrogen) atoms. The number of aliphatic hydroxyl groups excluding tert-OH is 1. The van der Waals surface area contributed by atoms with Crippen LogP contribution in [0.15, 0.2) is 48.0 Å². The maximum absolute atomic E-state index is 13.2. The van der Waals surface area contributed by atoms with Crippen LogP contribution in [0.3, 0.4) is 0 Å². The Morgan fingerprint density at radius 2 is 1.88 bits per heavy atom. The fourth-order valence-electron chi connectivity index (χ4n) is 4.30. The molecule has 1 atom stereocenters. The third-order valence-electron chi connectivity index (χ3n) is 5.84. The Hall–Kier alpha value is -3.52. The van der Waals surface area contributed by atoms with Gasteiger partial charge >= 0.3 is 0 Å². The average molecular weight is 467 g/mol. The fraction of sp³-hybridized carbons (Fsp3) is 0.385. The third-order valence-corrected chi connectivity index (χ3v) is 5.84. The van der Waals surface area contributed by atoms with E-state index >= 15 is 0 Å². The Bertz CT molecular complexity index is 1110. The summed E-state index contributed by atoms with van der Waals surface area (Å²) >= 11 is 0. The van der Waals surface area contributed by atoms with Crippen molar-refractivity contribution in [2.45, 2.75) is 19.4 Å². The number of nitrogens with zero attached hydrogens (tertiary/aromatic N) is 2. The molecule has 2 aromatic rings. The van der Waals surface area contributed by atoms with Crippen LogP contribution < -0.4 is 14.2 Å². The topological polar surface area (TPSA) is 88.5 Å². The molecule has 1 amide bonds. The van der Waals surface area contributed by atoms with Crippen LogP contribution in [0.5, 0.6) is 17.2 Å². The summed E-state index contributed by atoms with van der Waals surface area (Å²) in [5.41, 5.74) is 1.15. The van der Waals surface area contributed by atoms with Crippen molar-refractivity contribution in [3.63, 3.8) is 0 Å². The average Bonchev–Trinajstić information content (AvgIpc) is 3.08. The monoisotopic (exact) mass is 466 g/mol. The number of carbonyl (C=O) groups is 2. The molecule has 0 radical (unpaired) electrons. The van der Waals surface area contributed by atoms with Crippen molar-refractivity contribution in [3.05, 3.63) is 59.2 Å². The molecular weight excluding hydrogens is 436 g/mol. The summed E-state index contributed by atoms with van der Waals surface area (Å²) in [5.74, 6) is 0.141. The Balaban J connectivity index is 1.79. The number of amides is 1. The van der Waals surface area contributed by atoms with Gasteiger partial charge in [0.25, 0.3) is 11.7 Å². The van der Waals surface area contributed by atoms with Crippen molar-refractivity contribution in [2.75, 3.05) is 47.0 Å². The number of hydrogen-bond donors (Lipinski definition) is 1. The minimum absolute atomic E-state index is 0.0557. The highest BCUT2D eigenvalue weighted by atomic mass is 16.6. The molecule has 0 aromatic heterocycles. The molecule has 0 aliphatic carbocycles. The quantitative estimate of drug-likeness (QED) is 0.363. The molecule has 0 spiro atoms. The first-order chi connectivity index (χ1) is 16.4. The van der Waals surface area contributed by atoms with Gasteiger partial charge in [-0.3, -0.25) is 9.59 Å². The second-order valence-corrected chi connectivity index (χ2v) is 8.51. The van der Waals surface area contributed by atoms with E-state index in [9.17, 15) is 14.7 Å². The molecule has 1 saturated heterocycles. The van der Waals surface area contributed by atoms with Gasteiger partial charge in [0.15, 0.2) is 11.5 Å². The molecule has 2 aliphatic rings. The standard InChI is InChI=1S/C26H30N2O6/c1-4-32-19-8-5-7-17(15-19)23-22(25(30)26(31)28(23)12-6-11-27(2)3)24(29)18-9-10-20-21(16-18)34-14-13-33-20/h5,7-10,15-16,23,29H,4,6,11-14H2,1-3H3/t23-/m1/s1. The van der Waals surface area contributed by atoms with Gasteiger partial charge in [0.1, 0.15) is 24.7 Å². The molecule has 2 aliphatic heterocycles. The van der Waals surface area contributed by atoms with Crippen molar-refractivity contribution < 1.29 is 28.9 Å². The van der Waals surface area contributed by atoms with Gasteiger partial charge in [0.2, 0.25) is 0 Å². The normalized spacial score (nSPS) is 19.1. The van der Waals surface area contributed by atoms with Gasteiger partial charge in [0.05, 0.1) is 18.2 Å². The number of fused-ring (bicyclic) bond motifs is 1. The summed E-state index contributed by atoms with van der Waals surface area (Å²) in [7, 11) is 3.91. The summed E-state index contributed by atoms with van der Waals surface area (Å²) < 4.78 is 16.8. The minimum atomic E-state index is -0.726. The fourth-order valence-corrected chi connectivity index (χ4v) is 4.30. The molecule has 0 saturated carbocycles. The lowest BCUT2D eigenvalue weighted by Gasteiger charge is -2.26. The summed E-state index contributed by atoms with van der Waals surface area (Å²) in [4.78, 5) is 29.9. The van der Waals surface area contributed by atoms with E-state index in [0.717, 1.165) is 6.54 Å². The molecule has 1 N–H and O–H groups in total. The summed E-state index contributed by atoms with van der Waals surface area (Å²) in [6.45, 7) is 4.37. The molecule has 1 fully saturated rings. The SMILES string of the molecule is CCOc1cccc([C@@H]2C(=C(O)c3ccc4c(c3)OCCO4)C(=O)C(=O)N2CCCN(C)C)c1. The number of ketones is 1. The molecule has 2 heterocycles. The number of likely N-dealkylation sites (tertiary alicyclic amines) is 1. The van der Waals surface area contributed by atoms with Gasteiger partial charge in [0, 0.05) is 12.1 Å². The molecule has 2 aromatic carbocycles. The number of Topliss-reactive ketones (excluding diaryl/α,β-unsaturated/α-hetero) is 1. The Morgan fingerprint density at radius 1 is 1.12 bits per heavy atom. The molecule has 4 rings (SSSR count). The van der Waals surface area contributed by atoms with Crippen LogP contribution in [-0.4, -0.2) is 73.6 Å². The molecular formula is C26H30N2O6. The van der Waals surface area contributed by atoms with E-state index in [1.165, 1.54) is 0 Å². The van der Waals surface area contributed by atoms with Crippen LogP contribution in [0.2, 0.25) is 0 Å². The van der Waals surface area contributed by atoms with Crippen molar-refractivity contribution in [3.8, 4) is 17.2 Å². The number of benzene rings is 2. The molecule has 8 nitrogen and oxygen atoms in total. The van der Waals surface area contributed by atoms with E-state index < -0.39 is 17.7 Å². The predicted molar refractivity (Wildman–Crippen MR) is 127 cm³/mol. The minimum Gasteiger partial charge on any atom is -0.507 e. The van der Waals surface area contributed by atoms with E-state index in [-0.39, 0.29) is 11.3 Å². The Labute approximate surface area is 199 Å². The number of rotatable bonds is 8. The summed E-state index contributed by atoms with van der Waals surface area (Å²) in [6.07, 6.45) is 0.686. The largest absolute Gasteiger partial charge is 0.507 e. The maximum Gasteiger partial charge on any atom is 0.295 e. The highest BCUT2D eigenvalue weighted by molar-refractivity contribution is 6.46. The van der Waals surface area contributed by atoms with Crippen molar-refractivity contribution in [2.24, 2.45) is 0 Å². The van der Waals surface area contributed by atoms with Gasteiger partial charge in [-0.25, -0.2) is 0 Å². The van der Waals surface area contributed by atoms with Gasteiger partial charge < -0.3 is 29.1 Å². The van der Waals surface area contributed by atoms with Gasteiger partial charge in [-0.2, -0.15) is 0 Å². The van der Waals surface area contributed by atoms with Crippen LogP contribution in [0.4, 0.5) is 0 Å². The number of carbonyl (C=O) groups excluding carboxylic acids is 2. The highest BCUT2D eigenvalue weighted by Gasteiger charge is 2.46. The Kier molecular flexibility index (Phi) is 7.07. The summed E-state index contributed by atoms with van der Waals surface area (Å²) in [5, 5.41) is 11.3. The number of ether oxygens (including phenoxy) is 3. The van der Waals surface area contributed by atoms with Crippen LogP contribution >= 0.6 is 0 Å². The van der Waals surface area contributed by atoms with Gasteiger partial charge in [-0.1, -0.05) is 12.1 Å². The van der Waals surface area contributed by atoms with Crippen LogP contribution in [0.1, 0.15) is 30.5 Å². The molecule has 0 unspecified atom stereocenters. The first kappa shape index (κ1) is 23.6. The first-order valence-electron chi connectivity index (χ1n) is 11.5. The lowest BCUT2D eigenvalue weighted by Crippen LogP contribution is -2.32. The van der Waals surface area contributed by atoms with Gasteiger partial charge in [-0.05, 0) is 69.9 Å². The number of hydrogen-bond acceptors (Lipinski definition) is 7. The number of aliphatic hydroxyl groups is 1. The second kappa shape index (κ2) is 10.2. The molecule has 0 bridgehead atoms. The molecule has 180 valence electrons. The first-order valence-corrected chi connectivity index (χ1v) is 11.5. The smallest absolute Gasteiger partial charge is 0.295 e. The van der Waals surface area contributed by atoms with E-state index in [1.54, 1.807) is 23.1 Å². The van der Waals surface area contributed by atoms with Gasteiger partial charge in [-0.15, -0.1) is 0 Å². The zero-order valence-corrected chi connectivity index (χ0v) is 19.7. The molecule has 8 heteroatoms. The lowest BCUT2D eigenvalue weighted by atomic mass is 9.95. The van der Waals surface area contributed by atoms with Crippen molar-refractivity contribution in [1.29, 1.82) is 0 Å². The van der Waals surface area contributed by atoms with Crippen molar-refractivity contribution in [1.82, 2.24) is 9.80 Å². The van der Waals surface area contributed by atoms with Crippen LogP contribution in [0.25, 0.3) is 5.76 Å². The van der Waals surface area contributed by atoms with Crippen molar-refractivity contribution >= 4 is 17.4 Å². The second-order valence-electron chi connectivity index (χ2n) is 8.51. The third kappa shape index (κ3) is 4.72. The zero-order chi connectivity index (χ0) is 24.2. The van der Waals surface area contributed by atoms with E-state index in [1.807, 2.05) is 50.2 Å². The lowest BCUT2D eigenvalue weighted by molar-refractivity contribution is -0.139. The summed E-state index contributed by atoms with van der Waals surface area (Å²) in [6, 6.07) is 11.6. The predicted octanol–water partition coefficient (Wildman–Crippen LogP) is 3.23. The van der Waals surface area contributed by atoms with Crippen LogP contribution in [-0.2, 0) is 9.59 Å². The zero-order valence-electron chi connectivity index (χ0n) is 19.7. The van der Waals surface area contributed by atoms with E-state index in [0.29, 0.717) is 61.2 Å². The Morgan fingerprint density at radius 3 is 2.62 bits per heavy atom. The maximum atomic E-state index is 13.2. The van der Waals surface area contributed by atoms with E-state index in [2.05, 4.69) is 0 Å².